The first kappa shape index (κ1) is 10.1. The van der Waals surface area contributed by atoms with Gasteiger partial charge in [0.1, 0.15) is 11.6 Å². The van der Waals surface area contributed by atoms with Gasteiger partial charge in [-0.1, -0.05) is 29.8 Å². The summed E-state index contributed by atoms with van der Waals surface area (Å²) in [7, 11) is 0. The second kappa shape index (κ2) is 3.99. The maximum atomic E-state index is 13.3. The highest BCUT2D eigenvalue weighted by Gasteiger charge is 2.06. The van der Waals surface area contributed by atoms with Gasteiger partial charge in [-0.25, -0.2) is 8.78 Å². The molecule has 0 saturated carbocycles. The minimum absolute atomic E-state index is 0.0141. The van der Waals surface area contributed by atoms with Crippen molar-refractivity contribution < 1.29 is 8.78 Å². The molecule has 75 valence electrons. The van der Waals surface area contributed by atoms with E-state index in [9.17, 15) is 8.78 Å². The van der Waals surface area contributed by atoms with E-state index in [2.05, 4.69) is 6.07 Å². The van der Waals surface area contributed by atoms with Gasteiger partial charge in [0.05, 0.1) is 5.02 Å². The summed E-state index contributed by atoms with van der Waals surface area (Å²) in [5, 5.41) is -0.0141. The van der Waals surface area contributed by atoms with Crippen LogP contribution in [0.4, 0.5) is 8.78 Å². The van der Waals surface area contributed by atoms with Crippen molar-refractivity contribution in [2.45, 2.75) is 0 Å². The van der Waals surface area contributed by atoms with E-state index in [-0.39, 0.29) is 5.02 Å². The van der Waals surface area contributed by atoms with Crippen LogP contribution in [0.1, 0.15) is 0 Å². The van der Waals surface area contributed by atoms with E-state index in [4.69, 9.17) is 11.6 Å². The zero-order valence-corrected chi connectivity index (χ0v) is 8.35. The normalized spacial score (nSPS) is 10.3. The molecule has 0 aliphatic carbocycles. The third kappa shape index (κ3) is 2.00. The molecule has 2 rings (SSSR count). The summed E-state index contributed by atoms with van der Waals surface area (Å²) in [6.07, 6.45) is 0. The fourth-order valence-corrected chi connectivity index (χ4v) is 1.49. The Morgan fingerprint density at radius 1 is 1.07 bits per heavy atom. The molecule has 2 aromatic carbocycles. The smallest absolute Gasteiger partial charge is 0.141 e. The van der Waals surface area contributed by atoms with Crippen molar-refractivity contribution in [3.8, 4) is 11.1 Å². The van der Waals surface area contributed by atoms with E-state index in [1.807, 2.05) is 0 Å². The van der Waals surface area contributed by atoms with Gasteiger partial charge in [0.2, 0.25) is 0 Å². The molecule has 0 fully saturated rings. The van der Waals surface area contributed by atoms with Gasteiger partial charge in [-0.2, -0.15) is 0 Å². The van der Waals surface area contributed by atoms with Crippen LogP contribution in [0.3, 0.4) is 0 Å². The summed E-state index contributed by atoms with van der Waals surface area (Å²) in [5.74, 6) is -0.913. The number of hydrogen-bond acceptors (Lipinski definition) is 0. The number of halogens is 3. The van der Waals surface area contributed by atoms with Crippen LogP contribution < -0.4 is 0 Å². The van der Waals surface area contributed by atoms with Crippen molar-refractivity contribution in [2.24, 2.45) is 0 Å². The maximum absolute atomic E-state index is 13.3. The molecule has 0 N–H and O–H groups in total. The number of benzene rings is 2. The first-order valence-corrected chi connectivity index (χ1v) is 4.67. The van der Waals surface area contributed by atoms with Gasteiger partial charge in [-0.15, -0.1) is 0 Å². The average molecular weight is 224 g/mol. The Morgan fingerprint density at radius 2 is 1.87 bits per heavy atom. The van der Waals surface area contributed by atoms with Gasteiger partial charge in [-0.3, -0.25) is 0 Å². The van der Waals surface area contributed by atoms with Crippen LogP contribution in [-0.4, -0.2) is 0 Å². The molecule has 0 amide bonds. The minimum atomic E-state index is -0.511. The summed E-state index contributed by atoms with van der Waals surface area (Å²) in [5.41, 5.74) is 0.934. The molecule has 0 atom stereocenters. The van der Waals surface area contributed by atoms with E-state index >= 15 is 0 Å². The molecule has 0 aromatic heterocycles. The summed E-state index contributed by atoms with van der Waals surface area (Å²) in [4.78, 5) is 0. The second-order valence-electron chi connectivity index (χ2n) is 3.03. The van der Waals surface area contributed by atoms with Crippen molar-refractivity contribution >= 4 is 11.6 Å². The van der Waals surface area contributed by atoms with Gasteiger partial charge < -0.3 is 0 Å². The Balaban J connectivity index is 2.55. The molecule has 0 aliphatic rings. The molecule has 0 unspecified atom stereocenters. The Morgan fingerprint density at radius 3 is 2.53 bits per heavy atom. The van der Waals surface area contributed by atoms with Gasteiger partial charge >= 0.3 is 0 Å². The minimum Gasteiger partial charge on any atom is -0.206 e. The van der Waals surface area contributed by atoms with Gasteiger partial charge in [0.25, 0.3) is 0 Å². The molecule has 0 saturated heterocycles. The molecule has 2 aromatic rings. The highest BCUT2D eigenvalue weighted by atomic mass is 35.5. The second-order valence-corrected chi connectivity index (χ2v) is 3.44. The topological polar surface area (TPSA) is 0 Å². The summed E-state index contributed by atoms with van der Waals surface area (Å²) < 4.78 is 26.2. The largest absolute Gasteiger partial charge is 0.206 e. The first-order chi connectivity index (χ1) is 7.18. The standard InChI is InChI=1S/C12H6ClF2/c13-10-7-8(5-6-12(10)15)9-3-1-2-4-11(9)14/h1,3-7H. The third-order valence-electron chi connectivity index (χ3n) is 2.04. The Labute approximate surface area is 91.1 Å². The lowest BCUT2D eigenvalue weighted by atomic mass is 10.1. The number of rotatable bonds is 1. The van der Waals surface area contributed by atoms with E-state index < -0.39 is 11.6 Å². The maximum Gasteiger partial charge on any atom is 0.141 e. The highest BCUT2D eigenvalue weighted by Crippen LogP contribution is 2.26. The average Bonchev–Trinajstić information content (AvgIpc) is 2.23. The molecular weight excluding hydrogens is 218 g/mol. The fourth-order valence-electron chi connectivity index (χ4n) is 1.31. The molecule has 1 radical (unpaired) electrons. The molecular formula is C12H6ClF2. The zero-order valence-electron chi connectivity index (χ0n) is 7.60. The highest BCUT2D eigenvalue weighted by molar-refractivity contribution is 6.31. The van der Waals surface area contributed by atoms with Crippen LogP contribution in [0, 0.1) is 17.7 Å². The first-order valence-electron chi connectivity index (χ1n) is 4.29. The van der Waals surface area contributed by atoms with Crippen molar-refractivity contribution in [1.29, 1.82) is 0 Å². The SMILES string of the molecule is Fc1ccc(-c2cc[c]cc2F)cc1Cl. The van der Waals surface area contributed by atoms with Gasteiger partial charge in [0, 0.05) is 5.56 Å². The lowest BCUT2D eigenvalue weighted by Gasteiger charge is -2.03. The zero-order chi connectivity index (χ0) is 10.8. The van der Waals surface area contributed by atoms with Crippen molar-refractivity contribution in [3.63, 3.8) is 0 Å². The van der Waals surface area contributed by atoms with Crippen LogP contribution in [-0.2, 0) is 0 Å². The predicted octanol–water partition coefficient (Wildman–Crippen LogP) is 4.09. The predicted molar refractivity (Wildman–Crippen MR) is 55.6 cm³/mol. The van der Waals surface area contributed by atoms with Crippen LogP contribution >= 0.6 is 11.6 Å². The molecule has 0 heterocycles. The van der Waals surface area contributed by atoms with Crippen molar-refractivity contribution in [1.82, 2.24) is 0 Å². The van der Waals surface area contributed by atoms with Crippen LogP contribution in [0.5, 0.6) is 0 Å². The van der Waals surface area contributed by atoms with E-state index in [1.165, 1.54) is 24.3 Å². The van der Waals surface area contributed by atoms with E-state index in [0.29, 0.717) is 11.1 Å². The summed E-state index contributed by atoms with van der Waals surface area (Å²) in [6, 6.07) is 11.1. The van der Waals surface area contributed by atoms with E-state index in [0.717, 1.165) is 0 Å². The quantitative estimate of drug-likeness (QED) is 0.683. The molecule has 0 nitrogen and oxygen atoms in total. The monoisotopic (exact) mass is 223 g/mol. The summed E-state index contributed by atoms with van der Waals surface area (Å²) in [6.45, 7) is 0. The Hall–Kier alpha value is -1.41. The van der Waals surface area contributed by atoms with Crippen LogP contribution in [0.2, 0.25) is 5.02 Å². The Kier molecular flexibility index (Phi) is 2.69. The lowest BCUT2D eigenvalue weighted by molar-refractivity contribution is 0.626. The molecule has 3 heteroatoms. The molecule has 0 bridgehead atoms. The van der Waals surface area contributed by atoms with Crippen LogP contribution in [0.25, 0.3) is 11.1 Å². The molecule has 0 aliphatic heterocycles. The van der Waals surface area contributed by atoms with Gasteiger partial charge in [-0.05, 0) is 29.8 Å². The van der Waals surface area contributed by atoms with Crippen molar-refractivity contribution in [2.75, 3.05) is 0 Å². The van der Waals surface area contributed by atoms with E-state index in [1.54, 1.807) is 12.1 Å². The lowest BCUT2D eigenvalue weighted by Crippen LogP contribution is -1.85. The van der Waals surface area contributed by atoms with Crippen molar-refractivity contribution in [3.05, 3.63) is 59.1 Å². The molecule has 0 spiro atoms. The third-order valence-corrected chi connectivity index (χ3v) is 2.33. The van der Waals surface area contributed by atoms with Gasteiger partial charge in [0.15, 0.2) is 0 Å². The van der Waals surface area contributed by atoms with Crippen LogP contribution in [0.15, 0.2) is 36.4 Å². The molecule has 15 heavy (non-hydrogen) atoms. The fraction of sp³-hybridized carbons (Fsp3) is 0. The Bertz CT molecular complexity index is 495. The summed E-state index contributed by atoms with van der Waals surface area (Å²) >= 11 is 5.61. The number of hydrogen-bond donors (Lipinski definition) is 0.